The van der Waals surface area contributed by atoms with Crippen LogP contribution in [-0.2, 0) is 6.42 Å². The van der Waals surface area contributed by atoms with E-state index in [2.05, 4.69) is 0 Å². The van der Waals surface area contributed by atoms with E-state index in [1.807, 2.05) is 12.1 Å². The maximum Gasteiger partial charge on any atom is 0.335 e. The van der Waals surface area contributed by atoms with Crippen LogP contribution in [0.2, 0.25) is 0 Å². The molecule has 0 spiro atoms. The molecule has 3 rings (SSSR count). The van der Waals surface area contributed by atoms with Crippen molar-refractivity contribution in [3.05, 3.63) is 82.5 Å². The van der Waals surface area contributed by atoms with Crippen LogP contribution in [0.5, 0.6) is 0 Å². The van der Waals surface area contributed by atoms with Gasteiger partial charge in [-0.2, -0.15) is 0 Å². The number of carbonyl (C=O) groups is 2. The number of rotatable bonds is 5. The highest BCUT2D eigenvalue weighted by Crippen LogP contribution is 2.29. The summed E-state index contributed by atoms with van der Waals surface area (Å²) in [6, 6.07) is 16.0. The molecule has 1 N–H and O–H groups in total. The van der Waals surface area contributed by atoms with Crippen molar-refractivity contribution in [2.45, 2.75) is 6.42 Å². The fourth-order valence-electron chi connectivity index (χ4n) is 2.32. The van der Waals surface area contributed by atoms with Crippen LogP contribution in [0.15, 0.2) is 60.7 Å². The van der Waals surface area contributed by atoms with E-state index in [0.29, 0.717) is 4.88 Å². The molecular weight excluding hydrogens is 327 g/mol. The molecular formula is C19H13FO3S. The standard InChI is InChI=1S/C19H13FO3S/c20-15-6-4-12(5-7-15)10-16(21)18-9-8-17(24-18)13-2-1-3-14(11-13)19(22)23/h1-9,11H,10H2,(H,22,23). The van der Waals surface area contributed by atoms with Gasteiger partial charge in [0.05, 0.1) is 10.4 Å². The molecule has 5 heteroatoms. The molecule has 0 aliphatic rings. The van der Waals surface area contributed by atoms with E-state index in [1.165, 1.54) is 29.5 Å². The number of Topliss-reactive ketones (excluding diaryl/α,β-unsaturated/α-hetero) is 1. The largest absolute Gasteiger partial charge is 0.478 e. The third-order valence-electron chi connectivity index (χ3n) is 3.55. The van der Waals surface area contributed by atoms with Crippen molar-refractivity contribution < 1.29 is 19.1 Å². The van der Waals surface area contributed by atoms with E-state index >= 15 is 0 Å². The van der Waals surface area contributed by atoms with Gasteiger partial charge in [0, 0.05) is 11.3 Å². The lowest BCUT2D eigenvalue weighted by Crippen LogP contribution is -2.00. The zero-order valence-electron chi connectivity index (χ0n) is 12.5. The first-order valence-electron chi connectivity index (χ1n) is 7.24. The molecule has 0 amide bonds. The average molecular weight is 340 g/mol. The van der Waals surface area contributed by atoms with Crippen molar-refractivity contribution in [2.24, 2.45) is 0 Å². The molecule has 120 valence electrons. The number of carboxylic acid groups (broad SMARTS) is 1. The maximum absolute atomic E-state index is 12.9. The predicted octanol–water partition coefficient (Wildman–Crippen LogP) is 4.68. The Kier molecular flexibility index (Phi) is 4.53. The van der Waals surface area contributed by atoms with Crippen molar-refractivity contribution in [1.82, 2.24) is 0 Å². The first-order chi connectivity index (χ1) is 11.5. The van der Waals surface area contributed by atoms with Crippen molar-refractivity contribution >= 4 is 23.1 Å². The molecule has 24 heavy (non-hydrogen) atoms. The highest BCUT2D eigenvalue weighted by Gasteiger charge is 2.12. The molecule has 2 aromatic carbocycles. The van der Waals surface area contributed by atoms with Gasteiger partial charge in [0.2, 0.25) is 0 Å². The minimum absolute atomic E-state index is 0.0488. The zero-order valence-corrected chi connectivity index (χ0v) is 13.3. The summed E-state index contributed by atoms with van der Waals surface area (Å²) in [7, 11) is 0. The molecule has 3 aromatic rings. The Balaban J connectivity index is 1.80. The first kappa shape index (κ1) is 16.1. The van der Waals surface area contributed by atoms with Crippen LogP contribution in [0.1, 0.15) is 25.6 Å². The molecule has 0 aliphatic heterocycles. The third-order valence-corrected chi connectivity index (χ3v) is 4.73. The fraction of sp³-hybridized carbons (Fsp3) is 0.0526. The quantitative estimate of drug-likeness (QED) is 0.686. The molecule has 0 bridgehead atoms. The summed E-state index contributed by atoms with van der Waals surface area (Å²) < 4.78 is 12.9. The zero-order chi connectivity index (χ0) is 17.1. The molecule has 3 nitrogen and oxygen atoms in total. The Morgan fingerprint density at radius 1 is 1.00 bits per heavy atom. The summed E-state index contributed by atoms with van der Waals surface area (Å²) in [6.45, 7) is 0. The number of thiophene rings is 1. The second-order valence-electron chi connectivity index (χ2n) is 5.28. The lowest BCUT2D eigenvalue weighted by atomic mass is 10.1. The minimum Gasteiger partial charge on any atom is -0.478 e. The second-order valence-corrected chi connectivity index (χ2v) is 6.36. The molecule has 1 aromatic heterocycles. The number of halogens is 1. The molecule has 0 unspecified atom stereocenters. The van der Waals surface area contributed by atoms with Crippen LogP contribution < -0.4 is 0 Å². The van der Waals surface area contributed by atoms with Crippen molar-refractivity contribution in [2.75, 3.05) is 0 Å². The van der Waals surface area contributed by atoms with Gasteiger partial charge in [-0.3, -0.25) is 4.79 Å². The molecule has 0 saturated carbocycles. The van der Waals surface area contributed by atoms with Gasteiger partial charge < -0.3 is 5.11 Å². The van der Waals surface area contributed by atoms with Gasteiger partial charge in [-0.05, 0) is 47.5 Å². The van der Waals surface area contributed by atoms with Gasteiger partial charge in [-0.25, -0.2) is 9.18 Å². The Hall–Kier alpha value is -2.79. The molecule has 0 saturated heterocycles. The highest BCUT2D eigenvalue weighted by molar-refractivity contribution is 7.17. The summed E-state index contributed by atoms with van der Waals surface area (Å²) in [5, 5.41) is 9.06. The van der Waals surface area contributed by atoms with Gasteiger partial charge in [0.25, 0.3) is 0 Å². The number of ketones is 1. The lowest BCUT2D eigenvalue weighted by Gasteiger charge is -2.00. The molecule has 0 radical (unpaired) electrons. The predicted molar refractivity (Wildman–Crippen MR) is 91.1 cm³/mol. The van der Waals surface area contributed by atoms with E-state index in [1.54, 1.807) is 30.3 Å². The third kappa shape index (κ3) is 3.58. The monoisotopic (exact) mass is 340 g/mol. The molecule has 0 atom stereocenters. The van der Waals surface area contributed by atoms with Gasteiger partial charge in [0.15, 0.2) is 5.78 Å². The van der Waals surface area contributed by atoms with Crippen LogP contribution in [0.4, 0.5) is 4.39 Å². The number of carboxylic acids is 1. The van der Waals surface area contributed by atoms with Crippen molar-refractivity contribution in [1.29, 1.82) is 0 Å². The Morgan fingerprint density at radius 2 is 1.75 bits per heavy atom. The lowest BCUT2D eigenvalue weighted by molar-refractivity contribution is 0.0696. The molecule has 0 aliphatic carbocycles. The molecule has 1 heterocycles. The van der Waals surface area contributed by atoms with E-state index in [-0.39, 0.29) is 23.6 Å². The first-order valence-corrected chi connectivity index (χ1v) is 8.06. The summed E-state index contributed by atoms with van der Waals surface area (Å²) in [5.74, 6) is -1.36. The van der Waals surface area contributed by atoms with Crippen LogP contribution in [0.25, 0.3) is 10.4 Å². The van der Waals surface area contributed by atoms with Crippen LogP contribution in [-0.4, -0.2) is 16.9 Å². The summed E-state index contributed by atoms with van der Waals surface area (Å²) in [4.78, 5) is 24.8. The topological polar surface area (TPSA) is 54.4 Å². The van der Waals surface area contributed by atoms with Crippen LogP contribution in [0.3, 0.4) is 0 Å². The number of hydrogen-bond acceptors (Lipinski definition) is 3. The van der Waals surface area contributed by atoms with Crippen molar-refractivity contribution in [3.8, 4) is 10.4 Å². The summed E-state index contributed by atoms with van der Waals surface area (Å²) >= 11 is 1.32. The van der Waals surface area contributed by atoms with E-state index in [4.69, 9.17) is 5.11 Å². The second kappa shape index (κ2) is 6.76. The Labute approximate surface area is 142 Å². The smallest absolute Gasteiger partial charge is 0.335 e. The normalized spacial score (nSPS) is 10.5. The number of aromatic carboxylic acids is 1. The number of carbonyl (C=O) groups excluding carboxylic acids is 1. The van der Waals surface area contributed by atoms with Gasteiger partial charge >= 0.3 is 5.97 Å². The summed E-state index contributed by atoms with van der Waals surface area (Å²) in [6.07, 6.45) is 0.204. The molecule has 0 fully saturated rings. The average Bonchev–Trinajstić information content (AvgIpc) is 3.07. The highest BCUT2D eigenvalue weighted by atomic mass is 32.1. The maximum atomic E-state index is 12.9. The fourth-order valence-corrected chi connectivity index (χ4v) is 3.26. The van der Waals surface area contributed by atoms with Gasteiger partial charge in [-0.1, -0.05) is 24.3 Å². The van der Waals surface area contributed by atoms with Gasteiger partial charge in [-0.15, -0.1) is 11.3 Å². The minimum atomic E-state index is -0.985. The Bertz CT molecular complexity index is 897. The van der Waals surface area contributed by atoms with E-state index < -0.39 is 5.97 Å². The number of hydrogen-bond donors (Lipinski definition) is 1. The summed E-state index contributed by atoms with van der Waals surface area (Å²) in [5.41, 5.74) is 1.73. The SMILES string of the molecule is O=C(O)c1cccc(-c2ccc(C(=O)Cc3ccc(F)cc3)s2)c1. The van der Waals surface area contributed by atoms with Gasteiger partial charge in [0.1, 0.15) is 5.82 Å². The van der Waals surface area contributed by atoms with Crippen molar-refractivity contribution in [3.63, 3.8) is 0 Å². The number of benzene rings is 2. The van der Waals surface area contributed by atoms with Crippen LogP contribution >= 0.6 is 11.3 Å². The Morgan fingerprint density at radius 3 is 2.46 bits per heavy atom. The van der Waals surface area contributed by atoms with Crippen LogP contribution in [0, 0.1) is 5.82 Å². The van der Waals surface area contributed by atoms with E-state index in [0.717, 1.165) is 16.0 Å². The van der Waals surface area contributed by atoms with E-state index in [9.17, 15) is 14.0 Å².